The fourth-order valence-corrected chi connectivity index (χ4v) is 3.40. The predicted molar refractivity (Wildman–Crippen MR) is 113 cm³/mol. The number of benzene rings is 2. The molecule has 0 aliphatic heterocycles. The van der Waals surface area contributed by atoms with Crippen molar-refractivity contribution in [2.75, 3.05) is 12.4 Å². The molecule has 0 atom stereocenters. The molecule has 4 aromatic rings. The maximum atomic E-state index is 13.4. The van der Waals surface area contributed by atoms with Gasteiger partial charge in [0.15, 0.2) is 12.5 Å². The number of halogens is 3. The second kappa shape index (κ2) is 9.02. The van der Waals surface area contributed by atoms with Crippen LogP contribution in [0.5, 0.6) is 0 Å². The maximum Gasteiger partial charge on any atom is 0.416 e. The van der Waals surface area contributed by atoms with E-state index in [2.05, 4.69) is 20.7 Å². The Hall–Kier alpha value is -3.73. The number of hydrogen-bond donors (Lipinski definition) is 1. The van der Waals surface area contributed by atoms with E-state index in [1.165, 1.54) is 30.1 Å². The van der Waals surface area contributed by atoms with Crippen LogP contribution >= 0.6 is 0 Å². The van der Waals surface area contributed by atoms with Crippen LogP contribution in [0.4, 0.5) is 18.9 Å². The highest BCUT2D eigenvalue weighted by atomic mass is 19.4. The van der Waals surface area contributed by atoms with Crippen LogP contribution in [0.2, 0.25) is 0 Å². The minimum absolute atomic E-state index is 0.0615. The fourth-order valence-electron chi connectivity index (χ4n) is 3.40. The third-order valence-electron chi connectivity index (χ3n) is 4.89. The molecule has 0 spiro atoms. The SMILES string of the molecule is CCCc1ccc(NC(=O)c2ccc3cc(-c4nnn(COC)n4)oc3c2)cc1C(F)(F)F. The van der Waals surface area contributed by atoms with Gasteiger partial charge in [0.1, 0.15) is 5.58 Å². The Morgan fingerprint density at radius 3 is 2.73 bits per heavy atom. The van der Waals surface area contributed by atoms with Gasteiger partial charge in [0.2, 0.25) is 5.82 Å². The minimum atomic E-state index is -4.51. The Balaban J connectivity index is 1.57. The molecule has 2 heterocycles. The van der Waals surface area contributed by atoms with Crippen LogP contribution in [-0.4, -0.2) is 33.2 Å². The minimum Gasteiger partial charge on any atom is -0.453 e. The van der Waals surface area contributed by atoms with Gasteiger partial charge < -0.3 is 14.5 Å². The third kappa shape index (κ3) is 4.87. The summed E-state index contributed by atoms with van der Waals surface area (Å²) in [5.41, 5.74) is 0.137. The highest BCUT2D eigenvalue weighted by Gasteiger charge is 2.33. The zero-order valence-electron chi connectivity index (χ0n) is 17.8. The number of rotatable bonds is 7. The van der Waals surface area contributed by atoms with E-state index in [0.717, 1.165) is 6.07 Å². The number of hydrogen-bond acceptors (Lipinski definition) is 6. The molecule has 0 saturated carbocycles. The predicted octanol–water partition coefficient (Wildman–Crippen LogP) is 4.91. The number of methoxy groups -OCH3 is 1. The van der Waals surface area contributed by atoms with E-state index in [4.69, 9.17) is 9.15 Å². The number of aromatic nitrogens is 4. The number of nitrogens with one attached hydrogen (secondary N) is 1. The van der Waals surface area contributed by atoms with Crippen molar-refractivity contribution in [1.29, 1.82) is 0 Å². The third-order valence-corrected chi connectivity index (χ3v) is 4.89. The summed E-state index contributed by atoms with van der Waals surface area (Å²) < 4.78 is 51.0. The van der Waals surface area contributed by atoms with E-state index >= 15 is 0 Å². The largest absolute Gasteiger partial charge is 0.453 e. The first-order valence-corrected chi connectivity index (χ1v) is 10.1. The van der Waals surface area contributed by atoms with E-state index < -0.39 is 17.6 Å². The molecule has 0 saturated heterocycles. The number of nitrogens with zero attached hydrogens (tertiary/aromatic N) is 4. The smallest absolute Gasteiger partial charge is 0.416 e. The quantitative estimate of drug-likeness (QED) is 0.422. The Labute approximate surface area is 186 Å². The van der Waals surface area contributed by atoms with Crippen molar-refractivity contribution >= 4 is 22.6 Å². The standard InChI is InChI=1S/C22H20F3N5O3/c1-3-4-13-7-8-16(11-17(13)22(23,24)25)26-21(31)15-6-5-14-9-19(33-18(14)10-15)20-27-29-30(28-20)12-32-2/h5-11H,3-4,12H2,1-2H3,(H,26,31). The molecule has 33 heavy (non-hydrogen) atoms. The van der Waals surface area contributed by atoms with Crippen LogP contribution in [0.3, 0.4) is 0 Å². The van der Waals surface area contributed by atoms with Crippen LogP contribution in [0.1, 0.15) is 34.8 Å². The lowest BCUT2D eigenvalue weighted by Crippen LogP contribution is -2.14. The van der Waals surface area contributed by atoms with Crippen molar-refractivity contribution in [1.82, 2.24) is 20.2 Å². The molecule has 2 aromatic heterocycles. The molecule has 0 bridgehead atoms. The Morgan fingerprint density at radius 2 is 2.00 bits per heavy atom. The summed E-state index contributed by atoms with van der Waals surface area (Å²) >= 11 is 0. The summed E-state index contributed by atoms with van der Waals surface area (Å²) in [6.07, 6.45) is -3.62. The lowest BCUT2D eigenvalue weighted by molar-refractivity contribution is -0.138. The highest BCUT2D eigenvalue weighted by Crippen LogP contribution is 2.34. The molecule has 1 N–H and O–H groups in total. The molecular weight excluding hydrogens is 439 g/mol. The number of alkyl halides is 3. The summed E-state index contributed by atoms with van der Waals surface area (Å²) in [5, 5.41) is 15.1. The number of ether oxygens (including phenoxy) is 1. The molecular formula is C22H20F3N5O3. The lowest BCUT2D eigenvalue weighted by atomic mass is 10.0. The van der Waals surface area contributed by atoms with Gasteiger partial charge in [-0.3, -0.25) is 4.79 Å². The Bertz CT molecular complexity index is 1300. The number of fused-ring (bicyclic) bond motifs is 1. The highest BCUT2D eigenvalue weighted by molar-refractivity contribution is 6.06. The molecule has 0 fully saturated rings. The second-order valence-corrected chi connectivity index (χ2v) is 7.34. The van der Waals surface area contributed by atoms with Gasteiger partial charge in [-0.2, -0.15) is 13.2 Å². The van der Waals surface area contributed by atoms with Crippen molar-refractivity contribution in [3.63, 3.8) is 0 Å². The van der Waals surface area contributed by atoms with E-state index in [1.807, 2.05) is 6.92 Å². The van der Waals surface area contributed by atoms with Crippen LogP contribution in [0.25, 0.3) is 22.6 Å². The van der Waals surface area contributed by atoms with Crippen molar-refractivity contribution < 1.29 is 27.1 Å². The van der Waals surface area contributed by atoms with Gasteiger partial charge in [-0.1, -0.05) is 25.5 Å². The number of carbonyl (C=O) groups excluding carboxylic acids is 1. The fraction of sp³-hybridized carbons (Fsp3) is 0.273. The first-order valence-electron chi connectivity index (χ1n) is 10.1. The number of tetrazole rings is 1. The van der Waals surface area contributed by atoms with Crippen LogP contribution < -0.4 is 5.32 Å². The van der Waals surface area contributed by atoms with E-state index in [-0.39, 0.29) is 29.4 Å². The molecule has 11 heteroatoms. The van der Waals surface area contributed by atoms with Gasteiger partial charge in [-0.05, 0) is 47.5 Å². The number of aryl methyl sites for hydroxylation is 1. The molecule has 0 aliphatic rings. The number of anilines is 1. The lowest BCUT2D eigenvalue weighted by Gasteiger charge is -2.14. The molecule has 172 valence electrons. The first-order chi connectivity index (χ1) is 15.8. The van der Waals surface area contributed by atoms with Crippen LogP contribution in [0, 0.1) is 0 Å². The van der Waals surface area contributed by atoms with Crippen molar-refractivity contribution in [2.45, 2.75) is 32.7 Å². The summed E-state index contributed by atoms with van der Waals surface area (Å²) in [4.78, 5) is 13.9. The Kier molecular flexibility index (Phi) is 6.14. The number of amides is 1. The van der Waals surface area contributed by atoms with Gasteiger partial charge >= 0.3 is 6.18 Å². The second-order valence-electron chi connectivity index (χ2n) is 7.34. The van der Waals surface area contributed by atoms with Crippen molar-refractivity contribution in [3.05, 3.63) is 59.2 Å². The average Bonchev–Trinajstić information content (AvgIpc) is 3.40. The molecule has 8 nitrogen and oxygen atoms in total. The van der Waals surface area contributed by atoms with Gasteiger partial charge in [0, 0.05) is 23.7 Å². The molecule has 0 radical (unpaired) electrons. The number of furan rings is 1. The molecule has 1 amide bonds. The number of carbonyl (C=O) groups is 1. The topological polar surface area (TPSA) is 95.1 Å². The summed E-state index contributed by atoms with van der Waals surface area (Å²) in [7, 11) is 1.50. The van der Waals surface area contributed by atoms with E-state index in [9.17, 15) is 18.0 Å². The maximum absolute atomic E-state index is 13.4. The summed E-state index contributed by atoms with van der Waals surface area (Å²) in [6, 6.07) is 10.3. The van der Waals surface area contributed by atoms with Gasteiger partial charge in [0.05, 0.1) is 5.56 Å². The summed E-state index contributed by atoms with van der Waals surface area (Å²) in [6.45, 7) is 1.94. The molecule has 0 aliphatic carbocycles. The van der Waals surface area contributed by atoms with Crippen LogP contribution in [-0.2, 0) is 24.1 Å². The molecule has 4 rings (SSSR count). The van der Waals surface area contributed by atoms with Gasteiger partial charge in [0.25, 0.3) is 5.91 Å². The molecule has 0 unspecified atom stereocenters. The van der Waals surface area contributed by atoms with Gasteiger partial charge in [-0.25, -0.2) is 0 Å². The zero-order valence-corrected chi connectivity index (χ0v) is 17.8. The van der Waals surface area contributed by atoms with Gasteiger partial charge in [-0.15, -0.1) is 15.0 Å². The van der Waals surface area contributed by atoms with Crippen molar-refractivity contribution in [3.8, 4) is 11.6 Å². The van der Waals surface area contributed by atoms with Crippen LogP contribution in [0.15, 0.2) is 46.9 Å². The summed E-state index contributed by atoms with van der Waals surface area (Å²) in [5.74, 6) is 0.0442. The molecule has 2 aromatic carbocycles. The first kappa shape index (κ1) is 22.5. The Morgan fingerprint density at radius 1 is 1.18 bits per heavy atom. The monoisotopic (exact) mass is 459 g/mol. The zero-order chi connectivity index (χ0) is 23.6. The van der Waals surface area contributed by atoms with Crippen molar-refractivity contribution in [2.24, 2.45) is 0 Å². The van der Waals surface area contributed by atoms with E-state index in [0.29, 0.717) is 29.6 Å². The average molecular weight is 459 g/mol. The normalized spacial score (nSPS) is 11.8. The van der Waals surface area contributed by atoms with E-state index in [1.54, 1.807) is 18.2 Å².